The third kappa shape index (κ3) is 43.4. The van der Waals surface area contributed by atoms with Crippen molar-refractivity contribution in [2.45, 2.75) is 238 Å². The van der Waals surface area contributed by atoms with Gasteiger partial charge in [0.1, 0.15) is 6.10 Å². The summed E-state index contributed by atoms with van der Waals surface area (Å²) < 4.78 is 5.86. The number of hydrogen-bond acceptors (Lipinski definition) is 5. The molecule has 0 aromatic carbocycles. The van der Waals surface area contributed by atoms with Crippen molar-refractivity contribution >= 4 is 11.9 Å². The molecule has 0 rings (SSSR count). The Kier molecular flexibility index (Phi) is 46.3. The molecule has 6 nitrogen and oxygen atoms in total. The maximum absolute atomic E-state index is 13.2. The Morgan fingerprint density at radius 1 is 0.516 bits per heavy atom. The van der Waals surface area contributed by atoms with Crippen molar-refractivity contribution in [1.29, 1.82) is 0 Å². The van der Waals surface area contributed by atoms with Crippen LogP contribution < -0.4 is 5.32 Å². The van der Waals surface area contributed by atoms with Crippen molar-refractivity contribution in [2.24, 2.45) is 0 Å². The Morgan fingerprint density at radius 3 is 1.44 bits per heavy atom. The van der Waals surface area contributed by atoms with Crippen LogP contribution >= 0.6 is 0 Å². The minimum atomic E-state index is -0.820. The second kappa shape index (κ2) is 48.8. The van der Waals surface area contributed by atoms with Crippen molar-refractivity contribution in [2.75, 3.05) is 6.61 Å². The van der Waals surface area contributed by atoms with E-state index >= 15 is 0 Å². The van der Waals surface area contributed by atoms with Crippen LogP contribution in [0.4, 0.5) is 0 Å². The fourth-order valence-electron chi connectivity index (χ4n) is 7.10. The lowest BCUT2D eigenvalue weighted by molar-refractivity contribution is -0.150. The molecule has 0 aliphatic rings. The van der Waals surface area contributed by atoms with Gasteiger partial charge in [0, 0.05) is 12.8 Å². The molecule has 1 amide bonds. The van der Waals surface area contributed by atoms with Crippen LogP contribution in [0.25, 0.3) is 0 Å². The summed E-state index contributed by atoms with van der Waals surface area (Å²) >= 11 is 0. The summed E-state index contributed by atoms with van der Waals surface area (Å²) in [5, 5.41) is 23.6. The average Bonchev–Trinajstić information content (AvgIpc) is 3.26. The maximum Gasteiger partial charge on any atom is 0.306 e. The highest BCUT2D eigenvalue weighted by Crippen LogP contribution is 2.15. The lowest BCUT2D eigenvalue weighted by Gasteiger charge is -2.24. The van der Waals surface area contributed by atoms with Crippen LogP contribution in [0.2, 0.25) is 0 Å². The molecule has 62 heavy (non-hydrogen) atoms. The summed E-state index contributed by atoms with van der Waals surface area (Å²) in [5.41, 5.74) is 0. The summed E-state index contributed by atoms with van der Waals surface area (Å²) in [5.74, 6) is -0.611. The molecule has 3 atom stereocenters. The minimum Gasteiger partial charge on any atom is -0.461 e. The van der Waals surface area contributed by atoms with E-state index in [0.29, 0.717) is 19.3 Å². The van der Waals surface area contributed by atoms with E-state index < -0.39 is 18.2 Å². The lowest BCUT2D eigenvalue weighted by atomic mass is 10.0. The SMILES string of the molecule is CC/C=C\C/C=C\C/C=C\C/C=C\C/C=C\CC(CC(=O)NC(CO)C(O)CCCCCCCCCCCC)OC(=O)CCCCCCC/C=C/C=C/C=C/CCCCCCC. The molecule has 0 saturated carbocycles. The molecule has 0 radical (unpaired) electrons. The first-order chi connectivity index (χ1) is 30.5. The van der Waals surface area contributed by atoms with E-state index in [1.165, 1.54) is 77.0 Å². The Balaban J connectivity index is 4.77. The first-order valence-corrected chi connectivity index (χ1v) is 25.5. The van der Waals surface area contributed by atoms with E-state index in [0.717, 1.165) is 96.3 Å². The van der Waals surface area contributed by atoms with Gasteiger partial charge in [0.2, 0.25) is 5.91 Å². The van der Waals surface area contributed by atoms with E-state index in [2.05, 4.69) is 111 Å². The van der Waals surface area contributed by atoms with Crippen LogP contribution in [-0.2, 0) is 14.3 Å². The van der Waals surface area contributed by atoms with Crippen LogP contribution in [0.15, 0.2) is 97.2 Å². The molecule has 0 spiro atoms. The summed E-state index contributed by atoms with van der Waals surface area (Å²) in [4.78, 5) is 26.1. The quantitative estimate of drug-likeness (QED) is 0.0245. The van der Waals surface area contributed by atoms with Gasteiger partial charge in [0.15, 0.2) is 0 Å². The first kappa shape index (κ1) is 58.8. The first-order valence-electron chi connectivity index (χ1n) is 25.5. The standard InChI is InChI=1S/C56H95NO5/c1-4-7-10-13-16-19-22-24-26-27-28-30-32-34-37-40-43-46-49-56(61)62-52(47-44-41-38-35-33-31-29-25-23-20-17-14-11-8-5-2)50-55(60)57-53(51-58)54(59)48-45-42-39-36-21-18-15-12-9-6-3/h8,11,17,20,22,24-30,33,35,41,44,52-54,58-59H,4-7,9-10,12-16,18-19,21,23,31-32,34,36-40,42-43,45-51H2,1-3H3,(H,57,60)/b11-8-,20-17-,24-22+,27-26+,29-25-,30-28+,35-33-,44-41-. The predicted octanol–water partition coefficient (Wildman–Crippen LogP) is 15.3. The Morgan fingerprint density at radius 2 is 0.952 bits per heavy atom. The van der Waals surface area contributed by atoms with Gasteiger partial charge in [-0.25, -0.2) is 0 Å². The minimum absolute atomic E-state index is 0.0142. The van der Waals surface area contributed by atoms with Gasteiger partial charge in [-0.1, -0.05) is 227 Å². The molecule has 0 bridgehead atoms. The molecule has 0 heterocycles. The van der Waals surface area contributed by atoms with E-state index in [1.807, 2.05) is 12.2 Å². The normalized spacial score (nSPS) is 14.1. The van der Waals surface area contributed by atoms with Crippen molar-refractivity contribution in [1.82, 2.24) is 5.32 Å². The van der Waals surface area contributed by atoms with Crippen LogP contribution in [0.5, 0.6) is 0 Å². The van der Waals surface area contributed by atoms with Gasteiger partial charge in [-0.05, 0) is 70.6 Å². The fraction of sp³-hybridized carbons (Fsp3) is 0.679. The monoisotopic (exact) mass is 862 g/mol. The molecule has 0 fully saturated rings. The van der Waals surface area contributed by atoms with Gasteiger partial charge in [-0.3, -0.25) is 9.59 Å². The van der Waals surface area contributed by atoms with Gasteiger partial charge < -0.3 is 20.3 Å². The van der Waals surface area contributed by atoms with Crippen LogP contribution in [0, 0.1) is 0 Å². The van der Waals surface area contributed by atoms with Crippen LogP contribution in [0.1, 0.15) is 220 Å². The Labute approximate surface area is 382 Å². The Hall–Kier alpha value is -3.22. The third-order valence-electron chi connectivity index (χ3n) is 11.0. The molecule has 0 aliphatic heterocycles. The topological polar surface area (TPSA) is 95.9 Å². The smallest absolute Gasteiger partial charge is 0.306 e. The number of carbonyl (C=O) groups excluding carboxylic acids is 2. The van der Waals surface area contributed by atoms with E-state index in [-0.39, 0.29) is 24.9 Å². The average molecular weight is 862 g/mol. The molecular formula is C56H95NO5. The van der Waals surface area contributed by atoms with Gasteiger partial charge >= 0.3 is 5.97 Å². The van der Waals surface area contributed by atoms with Gasteiger partial charge in [0.25, 0.3) is 0 Å². The molecule has 0 aromatic rings. The largest absolute Gasteiger partial charge is 0.461 e. The van der Waals surface area contributed by atoms with Crippen molar-refractivity contribution in [3.8, 4) is 0 Å². The number of rotatable bonds is 44. The highest BCUT2D eigenvalue weighted by atomic mass is 16.5. The number of ether oxygens (including phenoxy) is 1. The number of hydrogen-bond donors (Lipinski definition) is 3. The van der Waals surface area contributed by atoms with Crippen molar-refractivity contribution < 1.29 is 24.5 Å². The van der Waals surface area contributed by atoms with Gasteiger partial charge in [0.05, 0.1) is 25.2 Å². The molecule has 3 N–H and O–H groups in total. The van der Waals surface area contributed by atoms with Gasteiger partial charge in [-0.15, -0.1) is 0 Å². The number of amides is 1. The number of unbranched alkanes of at least 4 members (excludes halogenated alkanes) is 19. The highest BCUT2D eigenvalue weighted by molar-refractivity contribution is 5.77. The highest BCUT2D eigenvalue weighted by Gasteiger charge is 2.23. The zero-order chi connectivity index (χ0) is 45.2. The molecule has 0 aliphatic carbocycles. The maximum atomic E-state index is 13.2. The molecule has 354 valence electrons. The molecule has 0 aromatic heterocycles. The molecule has 0 saturated heterocycles. The Bertz CT molecular complexity index is 1240. The second-order valence-electron chi connectivity index (χ2n) is 16.9. The van der Waals surface area contributed by atoms with Crippen molar-refractivity contribution in [3.05, 3.63) is 97.2 Å². The summed E-state index contributed by atoms with van der Waals surface area (Å²) in [7, 11) is 0. The molecular weight excluding hydrogens is 767 g/mol. The third-order valence-corrected chi connectivity index (χ3v) is 11.0. The number of nitrogens with one attached hydrogen (secondary N) is 1. The number of carbonyl (C=O) groups is 2. The fourth-order valence-corrected chi connectivity index (χ4v) is 7.10. The molecule has 3 unspecified atom stereocenters. The second-order valence-corrected chi connectivity index (χ2v) is 16.9. The van der Waals surface area contributed by atoms with Gasteiger partial charge in [-0.2, -0.15) is 0 Å². The predicted molar refractivity (Wildman–Crippen MR) is 268 cm³/mol. The van der Waals surface area contributed by atoms with E-state index in [9.17, 15) is 19.8 Å². The van der Waals surface area contributed by atoms with E-state index in [1.54, 1.807) is 0 Å². The number of aliphatic hydroxyl groups excluding tert-OH is 2. The number of allylic oxidation sites excluding steroid dienone is 15. The number of esters is 1. The summed E-state index contributed by atoms with van der Waals surface area (Å²) in [6, 6.07) is -0.741. The summed E-state index contributed by atoms with van der Waals surface area (Å²) in [6.07, 6.45) is 64.8. The summed E-state index contributed by atoms with van der Waals surface area (Å²) in [6.45, 7) is 6.30. The molecule has 6 heteroatoms. The van der Waals surface area contributed by atoms with E-state index in [4.69, 9.17) is 4.74 Å². The number of aliphatic hydroxyl groups is 2. The lowest BCUT2D eigenvalue weighted by Crippen LogP contribution is -2.46. The zero-order valence-corrected chi connectivity index (χ0v) is 40.2. The zero-order valence-electron chi connectivity index (χ0n) is 40.2. The van der Waals surface area contributed by atoms with Crippen LogP contribution in [-0.4, -0.2) is 46.9 Å². The van der Waals surface area contributed by atoms with Crippen molar-refractivity contribution in [3.63, 3.8) is 0 Å². The van der Waals surface area contributed by atoms with Crippen LogP contribution in [0.3, 0.4) is 0 Å².